The SMILES string of the molecule is Cc1cnn(CC(=O)N2CCOC(CCc3cc(C)ncn3)C2)c1. The second-order valence-corrected chi connectivity index (χ2v) is 6.24. The summed E-state index contributed by atoms with van der Waals surface area (Å²) in [6.45, 7) is 6.06. The number of carbonyl (C=O) groups is 1. The highest BCUT2D eigenvalue weighted by Crippen LogP contribution is 2.12. The molecule has 0 radical (unpaired) electrons. The predicted octanol–water partition coefficient (Wildman–Crippen LogP) is 1.15. The van der Waals surface area contributed by atoms with Crippen LogP contribution in [0.2, 0.25) is 0 Å². The second kappa shape index (κ2) is 7.53. The first-order chi connectivity index (χ1) is 11.6. The van der Waals surface area contributed by atoms with Gasteiger partial charge in [0, 0.05) is 30.7 Å². The van der Waals surface area contributed by atoms with E-state index < -0.39 is 0 Å². The van der Waals surface area contributed by atoms with Crippen LogP contribution in [0.15, 0.2) is 24.8 Å². The third-order valence-corrected chi connectivity index (χ3v) is 4.13. The molecule has 2 aromatic heterocycles. The van der Waals surface area contributed by atoms with Crippen molar-refractivity contribution < 1.29 is 9.53 Å². The third-order valence-electron chi connectivity index (χ3n) is 4.13. The van der Waals surface area contributed by atoms with Gasteiger partial charge in [-0.25, -0.2) is 9.97 Å². The molecular formula is C17H23N5O2. The Hall–Kier alpha value is -2.28. The summed E-state index contributed by atoms with van der Waals surface area (Å²) in [5, 5.41) is 4.18. The normalized spacial score (nSPS) is 17.9. The van der Waals surface area contributed by atoms with E-state index in [-0.39, 0.29) is 18.6 Å². The van der Waals surface area contributed by atoms with Gasteiger partial charge >= 0.3 is 0 Å². The van der Waals surface area contributed by atoms with Gasteiger partial charge in [-0.2, -0.15) is 5.10 Å². The van der Waals surface area contributed by atoms with Crippen LogP contribution in [0.4, 0.5) is 0 Å². The molecule has 3 heterocycles. The van der Waals surface area contributed by atoms with Crippen LogP contribution in [0.1, 0.15) is 23.4 Å². The van der Waals surface area contributed by atoms with Crippen LogP contribution < -0.4 is 0 Å². The molecule has 0 saturated carbocycles. The van der Waals surface area contributed by atoms with E-state index in [1.807, 2.05) is 31.0 Å². The first kappa shape index (κ1) is 16.6. The molecule has 0 bridgehead atoms. The van der Waals surface area contributed by atoms with Crippen molar-refractivity contribution in [3.63, 3.8) is 0 Å². The smallest absolute Gasteiger partial charge is 0.244 e. The Morgan fingerprint density at radius 2 is 2.25 bits per heavy atom. The van der Waals surface area contributed by atoms with E-state index in [9.17, 15) is 4.79 Å². The third kappa shape index (κ3) is 4.38. The first-order valence-electron chi connectivity index (χ1n) is 8.26. The summed E-state index contributed by atoms with van der Waals surface area (Å²) in [5.41, 5.74) is 3.04. The number of aromatic nitrogens is 4. The highest BCUT2D eigenvalue weighted by molar-refractivity contribution is 5.76. The van der Waals surface area contributed by atoms with Gasteiger partial charge in [0.2, 0.25) is 5.91 Å². The van der Waals surface area contributed by atoms with Crippen LogP contribution in [0.3, 0.4) is 0 Å². The average molecular weight is 329 g/mol. The number of aryl methyl sites for hydroxylation is 3. The van der Waals surface area contributed by atoms with Gasteiger partial charge in [-0.15, -0.1) is 0 Å². The van der Waals surface area contributed by atoms with Gasteiger partial charge < -0.3 is 9.64 Å². The minimum Gasteiger partial charge on any atom is -0.375 e. The van der Waals surface area contributed by atoms with Gasteiger partial charge in [-0.3, -0.25) is 9.48 Å². The summed E-state index contributed by atoms with van der Waals surface area (Å²) in [4.78, 5) is 22.7. The molecule has 0 N–H and O–H groups in total. The molecule has 0 spiro atoms. The van der Waals surface area contributed by atoms with Crippen LogP contribution in [0, 0.1) is 13.8 Å². The van der Waals surface area contributed by atoms with Crippen molar-refractivity contribution in [1.29, 1.82) is 0 Å². The Labute approximate surface area is 141 Å². The molecule has 0 aliphatic carbocycles. The molecule has 128 valence electrons. The molecular weight excluding hydrogens is 306 g/mol. The van der Waals surface area contributed by atoms with E-state index >= 15 is 0 Å². The summed E-state index contributed by atoms with van der Waals surface area (Å²) >= 11 is 0. The molecule has 1 fully saturated rings. The van der Waals surface area contributed by atoms with Crippen LogP contribution in [0.5, 0.6) is 0 Å². The van der Waals surface area contributed by atoms with Crippen LogP contribution in [-0.2, 0) is 22.5 Å². The minimum atomic E-state index is 0.0531. The van der Waals surface area contributed by atoms with Crippen molar-refractivity contribution in [2.75, 3.05) is 19.7 Å². The lowest BCUT2D eigenvalue weighted by molar-refractivity contribution is -0.139. The Balaban J connectivity index is 1.51. The first-order valence-corrected chi connectivity index (χ1v) is 8.26. The second-order valence-electron chi connectivity index (χ2n) is 6.24. The molecule has 7 nitrogen and oxygen atoms in total. The zero-order valence-electron chi connectivity index (χ0n) is 14.2. The van der Waals surface area contributed by atoms with Gasteiger partial charge in [0.05, 0.1) is 18.9 Å². The number of rotatable bonds is 5. The highest BCUT2D eigenvalue weighted by Gasteiger charge is 2.24. The maximum atomic E-state index is 12.4. The van der Waals surface area contributed by atoms with E-state index in [0.29, 0.717) is 19.7 Å². The van der Waals surface area contributed by atoms with Gasteiger partial charge in [-0.1, -0.05) is 0 Å². The molecule has 2 aromatic rings. The standard InChI is InChI=1S/C17H23N5O2/c1-13-8-20-22(9-13)11-17(23)21-5-6-24-16(10-21)4-3-15-7-14(2)18-12-19-15/h7-9,12,16H,3-6,10-11H2,1-2H3. The fraction of sp³-hybridized carbons (Fsp3) is 0.529. The quantitative estimate of drug-likeness (QED) is 0.823. The zero-order chi connectivity index (χ0) is 16.9. The lowest BCUT2D eigenvalue weighted by Gasteiger charge is -2.33. The molecule has 24 heavy (non-hydrogen) atoms. The fourth-order valence-corrected chi connectivity index (χ4v) is 2.87. The van der Waals surface area contributed by atoms with Crippen LogP contribution >= 0.6 is 0 Å². The molecule has 1 aliphatic rings. The van der Waals surface area contributed by atoms with Crippen molar-refractivity contribution in [2.24, 2.45) is 0 Å². The number of nitrogens with zero attached hydrogens (tertiary/aromatic N) is 5. The van der Waals surface area contributed by atoms with Gasteiger partial charge in [0.15, 0.2) is 0 Å². The van der Waals surface area contributed by atoms with Gasteiger partial charge in [0.1, 0.15) is 12.9 Å². The number of morpholine rings is 1. The summed E-state index contributed by atoms with van der Waals surface area (Å²) in [7, 11) is 0. The summed E-state index contributed by atoms with van der Waals surface area (Å²) in [6.07, 6.45) is 6.97. The van der Waals surface area contributed by atoms with Crippen molar-refractivity contribution in [3.05, 3.63) is 41.7 Å². The molecule has 0 aromatic carbocycles. The van der Waals surface area contributed by atoms with Gasteiger partial charge in [-0.05, 0) is 38.3 Å². The molecule has 1 aliphatic heterocycles. The maximum absolute atomic E-state index is 12.4. The topological polar surface area (TPSA) is 73.1 Å². The number of hydrogen-bond donors (Lipinski definition) is 0. The lowest BCUT2D eigenvalue weighted by Crippen LogP contribution is -2.46. The number of carbonyl (C=O) groups excluding carboxylic acids is 1. The number of amides is 1. The monoisotopic (exact) mass is 329 g/mol. The Bertz CT molecular complexity index is 700. The predicted molar refractivity (Wildman–Crippen MR) is 88.4 cm³/mol. The van der Waals surface area contributed by atoms with E-state index in [1.54, 1.807) is 17.2 Å². The summed E-state index contributed by atoms with van der Waals surface area (Å²) in [5.74, 6) is 0.0873. The molecule has 3 rings (SSSR count). The van der Waals surface area contributed by atoms with Crippen molar-refractivity contribution in [3.8, 4) is 0 Å². The van der Waals surface area contributed by atoms with Gasteiger partial charge in [0.25, 0.3) is 0 Å². The molecule has 7 heteroatoms. The van der Waals surface area contributed by atoms with E-state index in [4.69, 9.17) is 4.74 Å². The van der Waals surface area contributed by atoms with E-state index in [0.717, 1.165) is 29.8 Å². The molecule has 1 atom stereocenters. The van der Waals surface area contributed by atoms with Crippen LogP contribution in [0.25, 0.3) is 0 Å². The zero-order valence-corrected chi connectivity index (χ0v) is 14.2. The Morgan fingerprint density at radius 1 is 1.38 bits per heavy atom. The lowest BCUT2D eigenvalue weighted by atomic mass is 10.1. The Kier molecular flexibility index (Phi) is 5.20. The molecule has 1 amide bonds. The fourth-order valence-electron chi connectivity index (χ4n) is 2.87. The van der Waals surface area contributed by atoms with Crippen molar-refractivity contribution in [2.45, 2.75) is 39.3 Å². The van der Waals surface area contributed by atoms with Crippen molar-refractivity contribution in [1.82, 2.24) is 24.6 Å². The van der Waals surface area contributed by atoms with E-state index in [2.05, 4.69) is 15.1 Å². The van der Waals surface area contributed by atoms with Crippen molar-refractivity contribution >= 4 is 5.91 Å². The largest absolute Gasteiger partial charge is 0.375 e. The number of hydrogen-bond acceptors (Lipinski definition) is 5. The summed E-state index contributed by atoms with van der Waals surface area (Å²) in [6, 6.07) is 1.99. The number of ether oxygens (including phenoxy) is 1. The minimum absolute atomic E-state index is 0.0531. The molecule has 1 unspecified atom stereocenters. The highest BCUT2D eigenvalue weighted by atomic mass is 16.5. The Morgan fingerprint density at radius 3 is 3.00 bits per heavy atom. The maximum Gasteiger partial charge on any atom is 0.244 e. The summed E-state index contributed by atoms with van der Waals surface area (Å²) < 4.78 is 7.49. The molecule has 1 saturated heterocycles. The van der Waals surface area contributed by atoms with E-state index in [1.165, 1.54) is 0 Å². The average Bonchev–Trinajstić information content (AvgIpc) is 2.98. The van der Waals surface area contributed by atoms with Crippen LogP contribution in [-0.4, -0.2) is 56.4 Å².